The SMILES string of the molecule is CC(C)(C)OC(=O)NCCn1ccc(/C=C2/CN(C(c3ccccc3)(c3ccccc3)c3ccccc3)CCC2=O)n1. The summed E-state index contributed by atoms with van der Waals surface area (Å²) in [6.45, 7) is 7.46. The lowest BCUT2D eigenvalue weighted by atomic mass is 9.74. The zero-order valence-corrected chi connectivity index (χ0v) is 24.5. The number of amides is 1. The third-order valence-corrected chi connectivity index (χ3v) is 7.37. The van der Waals surface area contributed by atoms with E-state index in [1.54, 1.807) is 4.68 Å². The normalized spacial score (nSPS) is 15.5. The van der Waals surface area contributed by atoms with Crippen LogP contribution in [0.4, 0.5) is 4.79 Å². The Morgan fingerprint density at radius 1 is 0.881 bits per heavy atom. The molecule has 1 fully saturated rings. The van der Waals surface area contributed by atoms with Gasteiger partial charge in [-0.05, 0) is 49.6 Å². The summed E-state index contributed by atoms with van der Waals surface area (Å²) in [7, 11) is 0. The Bertz CT molecular complexity index is 1430. The molecular weight excluding hydrogens is 524 g/mol. The van der Waals surface area contributed by atoms with Gasteiger partial charge in [-0.25, -0.2) is 4.79 Å². The van der Waals surface area contributed by atoms with Gasteiger partial charge in [-0.2, -0.15) is 5.10 Å². The molecule has 0 atom stereocenters. The van der Waals surface area contributed by atoms with E-state index >= 15 is 0 Å². The number of hydrogen-bond donors (Lipinski definition) is 1. The van der Waals surface area contributed by atoms with Crippen LogP contribution in [-0.2, 0) is 21.6 Å². The number of ketones is 1. The molecule has 1 aliphatic heterocycles. The molecule has 5 rings (SSSR count). The average Bonchev–Trinajstić information content (AvgIpc) is 3.43. The van der Waals surface area contributed by atoms with Crippen molar-refractivity contribution in [1.29, 1.82) is 0 Å². The van der Waals surface area contributed by atoms with E-state index in [1.807, 2.05) is 57.3 Å². The summed E-state index contributed by atoms with van der Waals surface area (Å²) in [5.41, 5.74) is 3.76. The fourth-order valence-corrected chi connectivity index (χ4v) is 5.61. The average molecular weight is 563 g/mol. The molecule has 0 radical (unpaired) electrons. The lowest BCUT2D eigenvalue weighted by molar-refractivity contribution is -0.117. The van der Waals surface area contributed by atoms with Crippen LogP contribution >= 0.6 is 0 Å². The van der Waals surface area contributed by atoms with Gasteiger partial charge in [-0.3, -0.25) is 14.4 Å². The van der Waals surface area contributed by atoms with Crippen LogP contribution < -0.4 is 5.32 Å². The Balaban J connectivity index is 1.43. The van der Waals surface area contributed by atoms with E-state index in [0.717, 1.165) is 22.3 Å². The number of carbonyl (C=O) groups excluding carboxylic acids is 2. The van der Waals surface area contributed by atoms with Crippen molar-refractivity contribution in [2.45, 2.75) is 44.9 Å². The lowest BCUT2D eigenvalue weighted by Crippen LogP contribution is -2.52. The number of rotatable bonds is 8. The molecular formula is C35H38N4O3. The molecule has 1 aromatic heterocycles. The number of nitrogens with one attached hydrogen (secondary N) is 1. The standard InChI is InChI=1S/C35H38N4O3/c1-34(2,3)42-33(41)36-21-24-39-23-19-31(37-39)25-27-26-38(22-20-32(27)40)35(28-13-7-4-8-14-28,29-15-9-5-10-16-29)30-17-11-6-12-18-30/h4-19,23,25H,20-22,24,26H2,1-3H3,(H,36,41)/b27-25-. The first-order valence-corrected chi connectivity index (χ1v) is 14.4. The number of hydrogen-bond acceptors (Lipinski definition) is 5. The highest BCUT2D eigenvalue weighted by atomic mass is 16.6. The first-order valence-electron chi connectivity index (χ1n) is 14.4. The van der Waals surface area contributed by atoms with Crippen molar-refractivity contribution in [3.63, 3.8) is 0 Å². The Morgan fingerprint density at radius 2 is 1.43 bits per heavy atom. The fraction of sp³-hybridized carbons (Fsp3) is 0.286. The maximum atomic E-state index is 13.3. The highest BCUT2D eigenvalue weighted by molar-refractivity contribution is 6.00. The molecule has 4 aromatic rings. The van der Waals surface area contributed by atoms with Crippen LogP contribution in [0, 0.1) is 0 Å². The second-order valence-corrected chi connectivity index (χ2v) is 11.5. The smallest absolute Gasteiger partial charge is 0.407 e. The quantitative estimate of drug-likeness (QED) is 0.209. The molecule has 0 bridgehead atoms. The van der Waals surface area contributed by atoms with Gasteiger partial charge in [0.05, 0.1) is 17.8 Å². The van der Waals surface area contributed by atoms with Crippen LogP contribution in [-0.4, -0.2) is 51.8 Å². The highest BCUT2D eigenvalue weighted by Crippen LogP contribution is 2.44. The topological polar surface area (TPSA) is 76.5 Å². The van der Waals surface area contributed by atoms with Crippen LogP contribution in [0.1, 0.15) is 49.6 Å². The molecule has 2 heterocycles. The number of aromatic nitrogens is 2. The van der Waals surface area contributed by atoms with Crippen LogP contribution in [0.5, 0.6) is 0 Å². The van der Waals surface area contributed by atoms with Gasteiger partial charge in [-0.1, -0.05) is 91.0 Å². The number of carbonyl (C=O) groups is 2. The zero-order chi connectivity index (χ0) is 29.6. The summed E-state index contributed by atoms with van der Waals surface area (Å²) in [5.74, 6) is 0.135. The molecule has 216 valence electrons. The van der Waals surface area contributed by atoms with Crippen LogP contribution in [0.3, 0.4) is 0 Å². The molecule has 1 amide bonds. The summed E-state index contributed by atoms with van der Waals surface area (Å²) in [6, 6.07) is 33.5. The lowest BCUT2D eigenvalue weighted by Gasteiger charge is -2.47. The number of benzene rings is 3. The highest BCUT2D eigenvalue weighted by Gasteiger charge is 2.44. The number of alkyl carbamates (subject to hydrolysis) is 1. The Morgan fingerprint density at radius 3 is 1.95 bits per heavy atom. The van der Waals surface area contributed by atoms with E-state index in [1.165, 1.54) is 0 Å². The molecule has 1 N–H and O–H groups in total. The number of ether oxygens (including phenoxy) is 1. The van der Waals surface area contributed by atoms with Gasteiger partial charge in [-0.15, -0.1) is 0 Å². The fourth-order valence-electron chi connectivity index (χ4n) is 5.61. The van der Waals surface area contributed by atoms with Crippen molar-refractivity contribution in [1.82, 2.24) is 20.0 Å². The minimum absolute atomic E-state index is 0.135. The van der Waals surface area contributed by atoms with Gasteiger partial charge in [0, 0.05) is 37.8 Å². The minimum atomic E-state index is -0.587. The van der Waals surface area contributed by atoms with Gasteiger partial charge in [0.25, 0.3) is 0 Å². The second kappa shape index (κ2) is 12.6. The zero-order valence-electron chi connectivity index (χ0n) is 24.5. The number of Topliss-reactive ketones (excluding diaryl/α,β-unsaturated/α-hetero) is 1. The van der Waals surface area contributed by atoms with Crippen LogP contribution in [0.2, 0.25) is 0 Å². The van der Waals surface area contributed by atoms with E-state index in [-0.39, 0.29) is 5.78 Å². The molecule has 7 heteroatoms. The van der Waals surface area contributed by atoms with Crippen molar-refractivity contribution in [3.8, 4) is 0 Å². The van der Waals surface area contributed by atoms with Gasteiger partial charge in [0.2, 0.25) is 0 Å². The van der Waals surface area contributed by atoms with Crippen molar-refractivity contribution >= 4 is 18.0 Å². The van der Waals surface area contributed by atoms with Crippen molar-refractivity contribution < 1.29 is 14.3 Å². The molecule has 0 aliphatic carbocycles. The first kappa shape index (κ1) is 29.0. The summed E-state index contributed by atoms with van der Waals surface area (Å²) < 4.78 is 7.06. The second-order valence-electron chi connectivity index (χ2n) is 11.5. The van der Waals surface area contributed by atoms with E-state index in [9.17, 15) is 9.59 Å². The van der Waals surface area contributed by atoms with Crippen molar-refractivity contribution in [2.24, 2.45) is 0 Å². The maximum Gasteiger partial charge on any atom is 0.407 e. The monoisotopic (exact) mass is 562 g/mol. The Kier molecular flexibility index (Phi) is 8.69. The number of likely N-dealkylation sites (tertiary alicyclic amines) is 1. The van der Waals surface area contributed by atoms with Crippen LogP contribution in [0.25, 0.3) is 6.08 Å². The van der Waals surface area contributed by atoms with E-state index in [2.05, 4.69) is 88.1 Å². The van der Waals surface area contributed by atoms with Crippen molar-refractivity contribution in [2.75, 3.05) is 19.6 Å². The number of piperidine rings is 1. The summed E-state index contributed by atoms with van der Waals surface area (Å²) in [4.78, 5) is 27.6. The predicted molar refractivity (Wildman–Crippen MR) is 165 cm³/mol. The molecule has 1 aliphatic rings. The molecule has 42 heavy (non-hydrogen) atoms. The molecule has 0 spiro atoms. The Labute approximate surface area is 247 Å². The molecule has 1 saturated heterocycles. The minimum Gasteiger partial charge on any atom is -0.444 e. The van der Waals surface area contributed by atoms with Crippen LogP contribution in [0.15, 0.2) is 109 Å². The molecule has 0 unspecified atom stereocenters. The maximum absolute atomic E-state index is 13.3. The van der Waals surface area contributed by atoms with Gasteiger partial charge in [0.15, 0.2) is 5.78 Å². The van der Waals surface area contributed by atoms with Crippen molar-refractivity contribution in [3.05, 3.63) is 131 Å². The third kappa shape index (κ3) is 6.52. The largest absolute Gasteiger partial charge is 0.444 e. The summed E-state index contributed by atoms with van der Waals surface area (Å²) >= 11 is 0. The molecule has 0 saturated carbocycles. The van der Waals surface area contributed by atoms with E-state index in [4.69, 9.17) is 4.74 Å². The first-order chi connectivity index (χ1) is 20.3. The third-order valence-electron chi connectivity index (χ3n) is 7.37. The van der Waals surface area contributed by atoms with Gasteiger partial charge >= 0.3 is 6.09 Å². The Hall–Kier alpha value is -4.49. The molecule has 3 aromatic carbocycles. The van der Waals surface area contributed by atoms with E-state index in [0.29, 0.717) is 38.3 Å². The molecule has 7 nitrogen and oxygen atoms in total. The van der Waals surface area contributed by atoms with Gasteiger partial charge in [0.1, 0.15) is 5.60 Å². The van der Waals surface area contributed by atoms with E-state index < -0.39 is 17.2 Å². The van der Waals surface area contributed by atoms with Gasteiger partial charge < -0.3 is 10.1 Å². The predicted octanol–water partition coefficient (Wildman–Crippen LogP) is 6.06. The summed E-state index contributed by atoms with van der Waals surface area (Å²) in [5, 5.41) is 7.41. The summed E-state index contributed by atoms with van der Waals surface area (Å²) in [6.07, 6.45) is 3.72. The number of nitrogens with zero attached hydrogens (tertiary/aromatic N) is 3.